The number of aromatic amines is 1. The fraction of sp³-hybridized carbons (Fsp3) is 0.318. The number of nitrogens with zero attached hydrogens (tertiary/aromatic N) is 2. The normalized spacial score (nSPS) is 11.3. The molecule has 31 heavy (non-hydrogen) atoms. The summed E-state index contributed by atoms with van der Waals surface area (Å²) in [5.74, 6) is 0.912. The van der Waals surface area contributed by atoms with E-state index in [1.54, 1.807) is 29.2 Å². The predicted octanol–water partition coefficient (Wildman–Crippen LogP) is 3.90. The lowest BCUT2D eigenvalue weighted by Crippen LogP contribution is -2.27. The van der Waals surface area contributed by atoms with Gasteiger partial charge in [-0.3, -0.25) is 14.2 Å². The van der Waals surface area contributed by atoms with E-state index in [1.807, 2.05) is 29.8 Å². The molecule has 0 aliphatic carbocycles. The van der Waals surface area contributed by atoms with Gasteiger partial charge in [0.2, 0.25) is 5.43 Å². The van der Waals surface area contributed by atoms with Crippen molar-refractivity contribution < 1.29 is 9.47 Å². The molecule has 0 saturated heterocycles. The lowest BCUT2D eigenvalue weighted by atomic mass is 10.2. The third-order valence-corrected chi connectivity index (χ3v) is 6.59. The number of fused-ring (bicyclic) bond motifs is 1. The van der Waals surface area contributed by atoms with Crippen molar-refractivity contribution in [1.82, 2.24) is 14.5 Å². The van der Waals surface area contributed by atoms with Crippen LogP contribution in [0.5, 0.6) is 5.75 Å². The zero-order valence-corrected chi connectivity index (χ0v) is 19.0. The molecule has 1 N–H and O–H groups in total. The smallest absolute Gasteiger partial charge is 0.263 e. The van der Waals surface area contributed by atoms with Crippen molar-refractivity contribution in [2.24, 2.45) is 0 Å². The molecule has 7 nitrogen and oxygen atoms in total. The zero-order chi connectivity index (χ0) is 21.8. The van der Waals surface area contributed by atoms with Crippen molar-refractivity contribution >= 4 is 32.9 Å². The highest BCUT2D eigenvalue weighted by atomic mass is 32.1. The van der Waals surface area contributed by atoms with Gasteiger partial charge in [0.05, 0.1) is 25.1 Å². The van der Waals surface area contributed by atoms with Crippen LogP contribution in [-0.2, 0) is 17.7 Å². The Labute approximate surface area is 186 Å². The van der Waals surface area contributed by atoms with Gasteiger partial charge in [0.1, 0.15) is 10.7 Å². The number of rotatable bonds is 9. The highest BCUT2D eigenvalue weighted by molar-refractivity contribution is 7.18. The molecule has 9 heteroatoms. The van der Waals surface area contributed by atoms with Gasteiger partial charge in [-0.05, 0) is 17.9 Å². The maximum Gasteiger partial charge on any atom is 0.263 e. The molecular weight excluding hydrogens is 434 g/mol. The SMILES string of the molecule is CCCOc1c[nH]c(Cn2c(CCOC)nc3scc(-c4cccs4)c3c2=O)cc1=O. The molecule has 4 rings (SSSR count). The Morgan fingerprint density at radius 1 is 1.23 bits per heavy atom. The largest absolute Gasteiger partial charge is 0.488 e. The number of hydrogen-bond donors (Lipinski definition) is 1. The van der Waals surface area contributed by atoms with Gasteiger partial charge < -0.3 is 14.5 Å². The van der Waals surface area contributed by atoms with E-state index in [0.29, 0.717) is 41.4 Å². The van der Waals surface area contributed by atoms with Gasteiger partial charge in [0, 0.05) is 47.3 Å². The number of thiophene rings is 2. The van der Waals surface area contributed by atoms with Crippen LogP contribution in [0.1, 0.15) is 24.9 Å². The molecule has 0 fully saturated rings. The number of H-pyrrole nitrogens is 1. The van der Waals surface area contributed by atoms with Crippen molar-refractivity contribution in [3.05, 3.63) is 67.3 Å². The summed E-state index contributed by atoms with van der Waals surface area (Å²) in [7, 11) is 1.62. The van der Waals surface area contributed by atoms with Gasteiger partial charge in [-0.15, -0.1) is 22.7 Å². The quantitative estimate of drug-likeness (QED) is 0.412. The van der Waals surface area contributed by atoms with Gasteiger partial charge in [-0.1, -0.05) is 13.0 Å². The second-order valence-electron chi connectivity index (χ2n) is 7.00. The van der Waals surface area contributed by atoms with Crippen molar-refractivity contribution in [3.63, 3.8) is 0 Å². The standard InChI is InChI=1S/C22H23N3O4S2/c1-3-7-29-17-11-23-14(10-16(17)26)12-25-19(6-8-28-2)24-21-20(22(25)27)15(13-31-21)18-5-4-9-30-18/h4-5,9-11,13H,3,6-8,12H2,1-2H3,(H,23,26). The second-order valence-corrected chi connectivity index (χ2v) is 8.81. The van der Waals surface area contributed by atoms with Crippen molar-refractivity contribution in [3.8, 4) is 16.2 Å². The molecule has 4 heterocycles. The molecule has 0 saturated carbocycles. The van der Waals surface area contributed by atoms with E-state index < -0.39 is 0 Å². The van der Waals surface area contributed by atoms with Gasteiger partial charge >= 0.3 is 0 Å². The van der Waals surface area contributed by atoms with Crippen LogP contribution in [0.4, 0.5) is 0 Å². The number of hydrogen-bond acceptors (Lipinski definition) is 7. The van der Waals surface area contributed by atoms with E-state index in [2.05, 4.69) is 4.98 Å². The van der Waals surface area contributed by atoms with Crippen LogP contribution in [0.25, 0.3) is 20.7 Å². The van der Waals surface area contributed by atoms with Crippen LogP contribution in [0.15, 0.2) is 44.7 Å². The first kappa shape index (κ1) is 21.5. The summed E-state index contributed by atoms with van der Waals surface area (Å²) in [5, 5.41) is 4.58. The van der Waals surface area contributed by atoms with Gasteiger partial charge in [-0.25, -0.2) is 4.98 Å². The summed E-state index contributed by atoms with van der Waals surface area (Å²) in [6, 6.07) is 5.45. The molecule has 0 aromatic carbocycles. The number of nitrogens with one attached hydrogen (secondary N) is 1. The van der Waals surface area contributed by atoms with Gasteiger partial charge in [0.15, 0.2) is 5.75 Å². The van der Waals surface area contributed by atoms with E-state index in [4.69, 9.17) is 14.5 Å². The Morgan fingerprint density at radius 2 is 2.10 bits per heavy atom. The fourth-order valence-electron chi connectivity index (χ4n) is 3.31. The summed E-state index contributed by atoms with van der Waals surface area (Å²) in [5.41, 5.74) is 1.19. The summed E-state index contributed by atoms with van der Waals surface area (Å²) in [6.07, 6.45) is 2.87. The molecule has 0 radical (unpaired) electrons. The molecule has 0 spiro atoms. The number of pyridine rings is 1. The third kappa shape index (κ3) is 4.48. The second kappa shape index (κ2) is 9.59. The van der Waals surface area contributed by atoms with E-state index in [0.717, 1.165) is 16.9 Å². The number of methoxy groups -OCH3 is 1. The average Bonchev–Trinajstić information content (AvgIpc) is 3.43. The summed E-state index contributed by atoms with van der Waals surface area (Å²) in [4.78, 5) is 35.6. The maximum absolute atomic E-state index is 13.6. The maximum atomic E-state index is 13.6. The predicted molar refractivity (Wildman–Crippen MR) is 125 cm³/mol. The number of aromatic nitrogens is 3. The molecule has 0 aliphatic heterocycles. The molecule has 4 aromatic heterocycles. The fourth-order valence-corrected chi connectivity index (χ4v) is 5.08. The van der Waals surface area contributed by atoms with E-state index in [1.165, 1.54) is 17.4 Å². The summed E-state index contributed by atoms with van der Waals surface area (Å²) < 4.78 is 12.3. The van der Waals surface area contributed by atoms with Crippen LogP contribution < -0.4 is 15.7 Å². The van der Waals surface area contributed by atoms with Crippen molar-refractivity contribution in [1.29, 1.82) is 0 Å². The highest BCUT2D eigenvalue weighted by Crippen LogP contribution is 2.33. The Bertz CT molecular complexity index is 1290. The first-order valence-electron chi connectivity index (χ1n) is 10.0. The van der Waals surface area contributed by atoms with Crippen molar-refractivity contribution in [2.75, 3.05) is 20.3 Å². The van der Waals surface area contributed by atoms with Crippen LogP contribution in [0, 0.1) is 0 Å². The van der Waals surface area contributed by atoms with Gasteiger partial charge in [0.25, 0.3) is 5.56 Å². The molecule has 4 aromatic rings. The number of ether oxygens (including phenoxy) is 2. The molecule has 0 unspecified atom stereocenters. The minimum atomic E-state index is -0.211. The molecule has 0 bridgehead atoms. The summed E-state index contributed by atoms with van der Waals surface area (Å²) >= 11 is 3.06. The molecular formula is C22H23N3O4S2. The van der Waals surface area contributed by atoms with Crippen LogP contribution in [0.3, 0.4) is 0 Å². The zero-order valence-electron chi connectivity index (χ0n) is 17.3. The minimum Gasteiger partial charge on any atom is -0.488 e. The molecule has 0 amide bonds. The van der Waals surface area contributed by atoms with Crippen LogP contribution >= 0.6 is 22.7 Å². The lowest BCUT2D eigenvalue weighted by Gasteiger charge is -2.13. The van der Waals surface area contributed by atoms with E-state index in [-0.39, 0.29) is 23.3 Å². The Hall–Kier alpha value is -2.75. The Morgan fingerprint density at radius 3 is 2.81 bits per heavy atom. The monoisotopic (exact) mass is 457 g/mol. The highest BCUT2D eigenvalue weighted by Gasteiger charge is 2.18. The summed E-state index contributed by atoms with van der Waals surface area (Å²) in [6.45, 7) is 3.12. The first-order valence-corrected chi connectivity index (χ1v) is 11.8. The Kier molecular flexibility index (Phi) is 6.64. The molecule has 0 aliphatic rings. The van der Waals surface area contributed by atoms with Crippen molar-refractivity contribution in [2.45, 2.75) is 26.3 Å². The molecule has 0 atom stereocenters. The molecule has 162 valence electrons. The topological polar surface area (TPSA) is 86.2 Å². The Balaban J connectivity index is 1.78. The van der Waals surface area contributed by atoms with E-state index in [9.17, 15) is 9.59 Å². The first-order chi connectivity index (χ1) is 15.1. The third-order valence-electron chi connectivity index (χ3n) is 4.82. The van der Waals surface area contributed by atoms with Crippen LogP contribution in [0.2, 0.25) is 0 Å². The average molecular weight is 458 g/mol. The lowest BCUT2D eigenvalue weighted by molar-refractivity contribution is 0.199. The van der Waals surface area contributed by atoms with Gasteiger partial charge in [-0.2, -0.15) is 0 Å². The minimum absolute atomic E-state index is 0.118. The van der Waals surface area contributed by atoms with Crippen LogP contribution in [-0.4, -0.2) is 34.9 Å². The van der Waals surface area contributed by atoms with E-state index >= 15 is 0 Å².